The summed E-state index contributed by atoms with van der Waals surface area (Å²) in [6.07, 6.45) is 1.13. The van der Waals surface area contributed by atoms with Gasteiger partial charge in [-0.15, -0.1) is 0 Å². The van der Waals surface area contributed by atoms with E-state index in [4.69, 9.17) is 27.7 Å². The van der Waals surface area contributed by atoms with E-state index < -0.39 is 15.7 Å². The third-order valence-corrected chi connectivity index (χ3v) is 6.97. The Labute approximate surface area is 185 Å². The lowest BCUT2D eigenvalue weighted by Crippen LogP contribution is -2.13. The fraction of sp³-hybridized carbons (Fsp3) is 0.105. The number of aryl methyl sites for hydroxylation is 1. The number of hydrogen-bond acceptors (Lipinski definition) is 7. The molecule has 11 heteroatoms. The minimum absolute atomic E-state index is 0.182. The second-order valence-corrected chi connectivity index (χ2v) is 10.3. The standard InChI is InChI=1S/C19H13Cl2N3O4S2/c1-9-15(17(24-28-9)16-11(20)4-3-5-12(16)21)18(25)23-19-22-13-7-6-10(30(2,26)27)8-14(13)29-19/h3-8H,1-2H3,(H,22,23,25). The molecule has 0 aliphatic carbocycles. The first kappa shape index (κ1) is 20.8. The summed E-state index contributed by atoms with van der Waals surface area (Å²) < 4.78 is 29.4. The summed E-state index contributed by atoms with van der Waals surface area (Å²) in [6.45, 7) is 1.60. The number of anilines is 1. The van der Waals surface area contributed by atoms with E-state index in [0.717, 1.165) is 17.6 Å². The lowest BCUT2D eigenvalue weighted by Gasteiger charge is -2.06. The molecule has 154 valence electrons. The van der Waals surface area contributed by atoms with Crippen LogP contribution in [0.5, 0.6) is 0 Å². The van der Waals surface area contributed by atoms with Crippen LogP contribution in [0.1, 0.15) is 16.1 Å². The number of carbonyl (C=O) groups is 1. The number of carbonyl (C=O) groups excluding carboxylic acids is 1. The molecule has 0 bridgehead atoms. The van der Waals surface area contributed by atoms with Crippen LogP contribution in [-0.4, -0.2) is 30.7 Å². The van der Waals surface area contributed by atoms with Crippen molar-refractivity contribution in [2.75, 3.05) is 11.6 Å². The molecule has 7 nitrogen and oxygen atoms in total. The van der Waals surface area contributed by atoms with Gasteiger partial charge in [-0.05, 0) is 37.3 Å². The SMILES string of the molecule is Cc1onc(-c2c(Cl)cccc2Cl)c1C(=O)Nc1nc2ccc(S(C)(=O)=O)cc2s1. The highest BCUT2D eigenvalue weighted by Crippen LogP contribution is 2.37. The Hall–Kier alpha value is -2.46. The normalized spacial score (nSPS) is 11.7. The number of hydrogen-bond donors (Lipinski definition) is 1. The average Bonchev–Trinajstić information content (AvgIpc) is 3.23. The van der Waals surface area contributed by atoms with Crippen LogP contribution >= 0.6 is 34.5 Å². The van der Waals surface area contributed by atoms with Crippen molar-refractivity contribution in [1.82, 2.24) is 10.1 Å². The zero-order valence-electron chi connectivity index (χ0n) is 15.6. The number of fused-ring (bicyclic) bond motifs is 1. The number of aromatic nitrogens is 2. The molecule has 0 atom stereocenters. The second kappa shape index (κ2) is 7.66. The molecule has 1 N–H and O–H groups in total. The van der Waals surface area contributed by atoms with Crippen molar-refractivity contribution in [3.05, 3.63) is 57.8 Å². The van der Waals surface area contributed by atoms with Crippen molar-refractivity contribution in [2.24, 2.45) is 0 Å². The van der Waals surface area contributed by atoms with Gasteiger partial charge in [-0.25, -0.2) is 13.4 Å². The Kier molecular flexibility index (Phi) is 5.31. The van der Waals surface area contributed by atoms with Gasteiger partial charge in [-0.1, -0.05) is 45.8 Å². The summed E-state index contributed by atoms with van der Waals surface area (Å²) in [7, 11) is -3.35. The molecule has 0 aliphatic heterocycles. The number of thiazole rings is 1. The molecule has 0 saturated heterocycles. The van der Waals surface area contributed by atoms with E-state index in [2.05, 4.69) is 15.5 Å². The van der Waals surface area contributed by atoms with E-state index in [9.17, 15) is 13.2 Å². The zero-order valence-corrected chi connectivity index (χ0v) is 18.7. The van der Waals surface area contributed by atoms with E-state index in [-0.39, 0.29) is 16.2 Å². The van der Waals surface area contributed by atoms with Crippen LogP contribution in [0.3, 0.4) is 0 Å². The van der Waals surface area contributed by atoms with Crippen molar-refractivity contribution in [1.29, 1.82) is 0 Å². The lowest BCUT2D eigenvalue weighted by atomic mass is 10.1. The summed E-state index contributed by atoms with van der Waals surface area (Å²) in [6, 6.07) is 9.56. The number of amides is 1. The highest BCUT2D eigenvalue weighted by Gasteiger charge is 2.25. The quantitative estimate of drug-likeness (QED) is 0.428. The minimum Gasteiger partial charge on any atom is -0.360 e. The van der Waals surface area contributed by atoms with Crippen molar-refractivity contribution in [3.63, 3.8) is 0 Å². The van der Waals surface area contributed by atoms with Crippen molar-refractivity contribution < 1.29 is 17.7 Å². The molecule has 0 unspecified atom stereocenters. The smallest absolute Gasteiger partial charge is 0.263 e. The average molecular weight is 482 g/mol. The molecule has 0 fully saturated rings. The van der Waals surface area contributed by atoms with Gasteiger partial charge in [0.15, 0.2) is 15.0 Å². The summed E-state index contributed by atoms with van der Waals surface area (Å²) >= 11 is 13.7. The Bertz CT molecular complexity index is 1390. The van der Waals surface area contributed by atoms with Gasteiger partial charge >= 0.3 is 0 Å². The molecular formula is C19H13Cl2N3O4S2. The first-order chi connectivity index (χ1) is 14.1. The third-order valence-electron chi connectivity index (χ3n) is 4.30. The molecule has 2 aromatic heterocycles. The Morgan fingerprint density at radius 3 is 2.53 bits per heavy atom. The van der Waals surface area contributed by atoms with Crippen LogP contribution in [0, 0.1) is 6.92 Å². The fourth-order valence-corrected chi connectivity index (χ4v) is 5.08. The third kappa shape index (κ3) is 3.81. The number of sulfone groups is 1. The Balaban J connectivity index is 1.71. The molecule has 2 aromatic carbocycles. The number of nitrogens with one attached hydrogen (secondary N) is 1. The van der Waals surface area contributed by atoms with Crippen LogP contribution in [0.25, 0.3) is 21.5 Å². The number of benzene rings is 2. The number of halogens is 2. The largest absolute Gasteiger partial charge is 0.360 e. The van der Waals surface area contributed by atoms with Gasteiger partial charge in [0.2, 0.25) is 0 Å². The zero-order chi connectivity index (χ0) is 21.6. The highest BCUT2D eigenvalue weighted by molar-refractivity contribution is 7.90. The van der Waals surface area contributed by atoms with E-state index >= 15 is 0 Å². The van der Waals surface area contributed by atoms with Gasteiger partial charge in [-0.3, -0.25) is 10.1 Å². The Morgan fingerprint density at radius 1 is 1.17 bits per heavy atom. The highest BCUT2D eigenvalue weighted by atomic mass is 35.5. The van der Waals surface area contributed by atoms with Crippen LogP contribution in [0.15, 0.2) is 45.8 Å². The summed E-state index contributed by atoms with van der Waals surface area (Å²) in [5, 5.41) is 7.64. The predicted molar refractivity (Wildman–Crippen MR) is 117 cm³/mol. The van der Waals surface area contributed by atoms with Crippen LogP contribution in [0.2, 0.25) is 10.0 Å². The molecule has 0 aliphatic rings. The molecule has 4 aromatic rings. The summed E-state index contributed by atoms with van der Waals surface area (Å²) in [4.78, 5) is 17.5. The molecular weight excluding hydrogens is 469 g/mol. The van der Waals surface area contributed by atoms with Gasteiger partial charge in [0.25, 0.3) is 5.91 Å². The second-order valence-electron chi connectivity index (χ2n) is 6.43. The molecule has 0 saturated carbocycles. The molecule has 1 amide bonds. The molecule has 4 rings (SSSR count). The monoisotopic (exact) mass is 481 g/mol. The maximum absolute atomic E-state index is 13.0. The topological polar surface area (TPSA) is 102 Å². The van der Waals surface area contributed by atoms with E-state index in [1.165, 1.54) is 12.1 Å². The molecule has 0 spiro atoms. The van der Waals surface area contributed by atoms with Gasteiger partial charge in [0.05, 0.1) is 25.2 Å². The Morgan fingerprint density at radius 2 is 1.87 bits per heavy atom. The van der Waals surface area contributed by atoms with Gasteiger partial charge in [0, 0.05) is 11.8 Å². The van der Waals surface area contributed by atoms with Crippen LogP contribution in [-0.2, 0) is 9.84 Å². The van der Waals surface area contributed by atoms with Crippen LogP contribution < -0.4 is 5.32 Å². The van der Waals surface area contributed by atoms with Gasteiger partial charge in [0.1, 0.15) is 17.0 Å². The summed E-state index contributed by atoms with van der Waals surface area (Å²) in [5.74, 6) is -0.207. The van der Waals surface area contributed by atoms with E-state index in [1.54, 1.807) is 31.2 Å². The van der Waals surface area contributed by atoms with Gasteiger partial charge < -0.3 is 4.52 Å². The summed E-state index contributed by atoms with van der Waals surface area (Å²) in [5.41, 5.74) is 1.37. The van der Waals surface area contributed by atoms with Crippen LogP contribution in [0.4, 0.5) is 5.13 Å². The molecule has 2 heterocycles. The maximum atomic E-state index is 13.0. The van der Waals surface area contributed by atoms with Crippen molar-refractivity contribution >= 4 is 65.6 Å². The first-order valence-corrected chi connectivity index (χ1v) is 11.9. The van der Waals surface area contributed by atoms with Gasteiger partial charge in [-0.2, -0.15) is 0 Å². The van der Waals surface area contributed by atoms with E-state index in [1.807, 2.05) is 0 Å². The number of rotatable bonds is 4. The first-order valence-electron chi connectivity index (χ1n) is 8.48. The minimum atomic E-state index is -3.35. The van der Waals surface area contributed by atoms with E-state index in [0.29, 0.717) is 36.7 Å². The van der Waals surface area contributed by atoms with Crippen molar-refractivity contribution in [3.8, 4) is 11.3 Å². The molecule has 0 radical (unpaired) electrons. The van der Waals surface area contributed by atoms with Crippen molar-refractivity contribution in [2.45, 2.75) is 11.8 Å². The molecule has 30 heavy (non-hydrogen) atoms. The lowest BCUT2D eigenvalue weighted by molar-refractivity contribution is 0.102. The predicted octanol–water partition coefficient (Wildman–Crippen LogP) is 5.22. The fourth-order valence-electron chi connectivity index (χ4n) is 2.88. The number of nitrogens with zero attached hydrogens (tertiary/aromatic N) is 2. The maximum Gasteiger partial charge on any atom is 0.263 e.